The van der Waals surface area contributed by atoms with Crippen molar-refractivity contribution in [1.82, 2.24) is 15.3 Å². The monoisotopic (exact) mass is 403 g/mol. The van der Waals surface area contributed by atoms with E-state index < -0.39 is 0 Å². The summed E-state index contributed by atoms with van der Waals surface area (Å²) >= 11 is 0. The van der Waals surface area contributed by atoms with Crippen LogP contribution in [0.4, 0.5) is 0 Å². The fraction of sp³-hybridized carbons (Fsp3) is 0.292. The number of aromatic nitrogens is 2. The molecule has 1 atom stereocenters. The largest absolute Gasteiger partial charge is 0.491 e. The van der Waals surface area contributed by atoms with Crippen LogP contribution in [0.25, 0.3) is 11.1 Å². The number of hydrogen-bond donors (Lipinski definition) is 1. The van der Waals surface area contributed by atoms with Gasteiger partial charge in [0, 0.05) is 36.6 Å². The summed E-state index contributed by atoms with van der Waals surface area (Å²) in [5.41, 5.74) is 3.77. The third kappa shape index (κ3) is 4.59. The number of nitrogens with one attached hydrogen (secondary N) is 1. The van der Waals surface area contributed by atoms with Gasteiger partial charge in [-0.25, -0.2) is 4.98 Å². The normalized spacial score (nSPS) is 15.2. The van der Waals surface area contributed by atoms with E-state index >= 15 is 0 Å². The molecule has 0 aliphatic carbocycles. The first kappa shape index (κ1) is 19.9. The van der Waals surface area contributed by atoms with Crippen LogP contribution in [-0.4, -0.2) is 35.1 Å². The van der Waals surface area contributed by atoms with Gasteiger partial charge in [0.05, 0.1) is 18.2 Å². The SMILES string of the molecule is CC(C)COc1ccc(C(=O)N[C@@H]2COc3cccc(-c4ccncc4)c3C2)cn1. The van der Waals surface area contributed by atoms with Crippen molar-refractivity contribution in [1.29, 1.82) is 0 Å². The molecule has 30 heavy (non-hydrogen) atoms. The summed E-state index contributed by atoms with van der Waals surface area (Å²) in [5, 5.41) is 3.07. The minimum Gasteiger partial charge on any atom is -0.491 e. The number of rotatable bonds is 6. The average molecular weight is 403 g/mol. The Kier molecular flexibility index (Phi) is 5.93. The van der Waals surface area contributed by atoms with Crippen molar-refractivity contribution in [3.8, 4) is 22.8 Å². The highest BCUT2D eigenvalue weighted by atomic mass is 16.5. The number of carbonyl (C=O) groups excluding carboxylic acids is 1. The van der Waals surface area contributed by atoms with Crippen molar-refractivity contribution in [2.24, 2.45) is 5.92 Å². The van der Waals surface area contributed by atoms with E-state index in [1.54, 1.807) is 30.7 Å². The van der Waals surface area contributed by atoms with Gasteiger partial charge in [-0.15, -0.1) is 0 Å². The molecule has 0 spiro atoms. The zero-order valence-corrected chi connectivity index (χ0v) is 17.2. The molecule has 3 aromatic rings. The molecule has 0 saturated heterocycles. The Bertz CT molecular complexity index is 1000. The Morgan fingerprint density at radius 2 is 2.03 bits per heavy atom. The van der Waals surface area contributed by atoms with Crippen molar-refractivity contribution in [2.75, 3.05) is 13.2 Å². The predicted octanol–water partition coefficient (Wildman–Crippen LogP) is 3.91. The topological polar surface area (TPSA) is 73.3 Å². The Labute approximate surface area is 176 Å². The Hall–Kier alpha value is -3.41. The maximum absolute atomic E-state index is 12.7. The Morgan fingerprint density at radius 3 is 2.77 bits per heavy atom. The first-order chi connectivity index (χ1) is 14.6. The first-order valence-corrected chi connectivity index (χ1v) is 10.1. The van der Waals surface area contributed by atoms with E-state index in [0.717, 1.165) is 22.4 Å². The molecule has 0 unspecified atom stereocenters. The minimum absolute atomic E-state index is 0.121. The summed E-state index contributed by atoms with van der Waals surface area (Å²) in [6.45, 7) is 5.18. The predicted molar refractivity (Wildman–Crippen MR) is 115 cm³/mol. The number of fused-ring (bicyclic) bond motifs is 1. The van der Waals surface area contributed by atoms with Crippen LogP contribution >= 0.6 is 0 Å². The lowest BCUT2D eigenvalue weighted by atomic mass is 9.93. The molecule has 0 fully saturated rings. The molecule has 0 bridgehead atoms. The molecule has 1 aromatic carbocycles. The molecule has 1 aliphatic rings. The molecular formula is C24H25N3O3. The molecular weight excluding hydrogens is 378 g/mol. The van der Waals surface area contributed by atoms with Gasteiger partial charge in [0.2, 0.25) is 5.88 Å². The lowest BCUT2D eigenvalue weighted by Crippen LogP contribution is -2.42. The quantitative estimate of drug-likeness (QED) is 0.675. The van der Waals surface area contributed by atoms with E-state index in [0.29, 0.717) is 37.0 Å². The minimum atomic E-state index is -0.170. The molecule has 0 radical (unpaired) electrons. The number of hydrogen-bond acceptors (Lipinski definition) is 5. The van der Waals surface area contributed by atoms with E-state index in [-0.39, 0.29) is 11.9 Å². The standard InChI is InChI=1S/C24H25N3O3/c1-16(2)14-30-23-7-6-18(13-26-23)24(28)27-19-12-21-20(17-8-10-25-11-9-17)4-3-5-22(21)29-15-19/h3-11,13,16,19H,12,14-15H2,1-2H3,(H,27,28)/t19-/m0/s1. The molecule has 6 heteroatoms. The van der Waals surface area contributed by atoms with Crippen molar-refractivity contribution < 1.29 is 14.3 Å². The van der Waals surface area contributed by atoms with Gasteiger partial charge in [0.15, 0.2) is 0 Å². The number of ether oxygens (including phenoxy) is 2. The maximum Gasteiger partial charge on any atom is 0.253 e. The van der Waals surface area contributed by atoms with E-state index in [1.165, 1.54) is 0 Å². The van der Waals surface area contributed by atoms with Crippen LogP contribution in [0.1, 0.15) is 29.8 Å². The van der Waals surface area contributed by atoms with Crippen LogP contribution in [0.15, 0.2) is 61.1 Å². The van der Waals surface area contributed by atoms with Crippen LogP contribution < -0.4 is 14.8 Å². The fourth-order valence-electron chi connectivity index (χ4n) is 3.42. The Morgan fingerprint density at radius 1 is 1.20 bits per heavy atom. The van der Waals surface area contributed by atoms with Gasteiger partial charge >= 0.3 is 0 Å². The van der Waals surface area contributed by atoms with Gasteiger partial charge in [0.1, 0.15) is 12.4 Å². The van der Waals surface area contributed by atoms with Crippen molar-refractivity contribution in [3.05, 3.63) is 72.2 Å². The van der Waals surface area contributed by atoms with Gasteiger partial charge in [0.25, 0.3) is 5.91 Å². The molecule has 1 amide bonds. The fourth-order valence-corrected chi connectivity index (χ4v) is 3.42. The number of carbonyl (C=O) groups is 1. The molecule has 154 valence electrons. The van der Waals surface area contributed by atoms with Crippen LogP contribution in [0.5, 0.6) is 11.6 Å². The van der Waals surface area contributed by atoms with E-state index in [9.17, 15) is 4.79 Å². The molecule has 1 N–H and O–H groups in total. The molecule has 2 aromatic heterocycles. The van der Waals surface area contributed by atoms with Gasteiger partial charge in [-0.3, -0.25) is 9.78 Å². The smallest absolute Gasteiger partial charge is 0.253 e. The lowest BCUT2D eigenvalue weighted by Gasteiger charge is -2.28. The summed E-state index contributed by atoms with van der Waals surface area (Å²) in [5.74, 6) is 1.64. The maximum atomic E-state index is 12.7. The van der Waals surface area contributed by atoms with Crippen molar-refractivity contribution in [2.45, 2.75) is 26.3 Å². The highest BCUT2D eigenvalue weighted by Crippen LogP contribution is 2.34. The zero-order valence-electron chi connectivity index (χ0n) is 17.2. The van der Waals surface area contributed by atoms with Crippen LogP contribution in [0, 0.1) is 5.92 Å². The number of amides is 1. The Balaban J connectivity index is 1.44. The second-order valence-corrected chi connectivity index (χ2v) is 7.79. The highest BCUT2D eigenvalue weighted by Gasteiger charge is 2.24. The number of benzene rings is 1. The lowest BCUT2D eigenvalue weighted by molar-refractivity contribution is 0.0915. The average Bonchev–Trinajstić information content (AvgIpc) is 2.78. The summed E-state index contributed by atoms with van der Waals surface area (Å²) in [7, 11) is 0. The highest BCUT2D eigenvalue weighted by molar-refractivity contribution is 5.94. The molecule has 3 heterocycles. The van der Waals surface area contributed by atoms with Crippen molar-refractivity contribution >= 4 is 5.91 Å². The van der Waals surface area contributed by atoms with Gasteiger partial charge < -0.3 is 14.8 Å². The number of nitrogens with zero attached hydrogens (tertiary/aromatic N) is 2. The summed E-state index contributed by atoms with van der Waals surface area (Å²) in [4.78, 5) is 21.0. The second kappa shape index (κ2) is 8.95. The summed E-state index contributed by atoms with van der Waals surface area (Å²) in [6.07, 6.45) is 5.80. The van der Waals surface area contributed by atoms with Crippen LogP contribution in [0.3, 0.4) is 0 Å². The third-order valence-corrected chi connectivity index (χ3v) is 4.91. The van der Waals surface area contributed by atoms with E-state index in [1.807, 2.05) is 24.3 Å². The van der Waals surface area contributed by atoms with E-state index in [4.69, 9.17) is 9.47 Å². The summed E-state index contributed by atoms with van der Waals surface area (Å²) < 4.78 is 11.5. The first-order valence-electron chi connectivity index (χ1n) is 10.1. The molecule has 4 rings (SSSR count). The van der Waals surface area contributed by atoms with Crippen molar-refractivity contribution in [3.63, 3.8) is 0 Å². The van der Waals surface area contributed by atoms with Crippen LogP contribution in [-0.2, 0) is 6.42 Å². The van der Waals surface area contributed by atoms with E-state index in [2.05, 4.69) is 35.2 Å². The molecule has 1 aliphatic heterocycles. The third-order valence-electron chi connectivity index (χ3n) is 4.91. The second-order valence-electron chi connectivity index (χ2n) is 7.79. The molecule has 0 saturated carbocycles. The summed E-state index contributed by atoms with van der Waals surface area (Å²) in [6, 6.07) is 13.3. The zero-order chi connectivity index (χ0) is 20.9. The van der Waals surface area contributed by atoms with Gasteiger partial charge in [-0.2, -0.15) is 0 Å². The molecule has 6 nitrogen and oxygen atoms in total. The van der Waals surface area contributed by atoms with Gasteiger partial charge in [-0.1, -0.05) is 26.0 Å². The number of pyridine rings is 2. The van der Waals surface area contributed by atoms with Crippen LogP contribution in [0.2, 0.25) is 0 Å². The van der Waals surface area contributed by atoms with Gasteiger partial charge in [-0.05, 0) is 41.3 Å².